The highest BCUT2D eigenvalue weighted by atomic mass is 16.4. The van der Waals surface area contributed by atoms with Crippen LogP contribution in [0.2, 0.25) is 0 Å². The Bertz CT molecular complexity index is 314. The molecule has 1 unspecified atom stereocenters. The fourth-order valence-electron chi connectivity index (χ4n) is 4.03. The highest BCUT2D eigenvalue weighted by Gasteiger charge is 2.47. The van der Waals surface area contributed by atoms with Crippen molar-refractivity contribution in [3.05, 3.63) is 0 Å². The number of amides is 1. The molecular formula is C14H26N2O2. The van der Waals surface area contributed by atoms with E-state index in [1.807, 2.05) is 0 Å². The number of hydrogen-bond acceptors (Lipinski definition) is 2. The maximum absolute atomic E-state index is 11.0. The zero-order chi connectivity index (χ0) is 13.4. The van der Waals surface area contributed by atoms with Gasteiger partial charge < -0.3 is 15.3 Å². The summed E-state index contributed by atoms with van der Waals surface area (Å²) in [4.78, 5) is 12.6. The van der Waals surface area contributed by atoms with Crippen LogP contribution in [0.15, 0.2) is 0 Å². The predicted octanol–water partition coefficient (Wildman–Crippen LogP) is 2.40. The smallest absolute Gasteiger partial charge is 0.407 e. The van der Waals surface area contributed by atoms with Crippen LogP contribution in [0.4, 0.5) is 4.79 Å². The summed E-state index contributed by atoms with van der Waals surface area (Å²) in [7, 11) is 0. The van der Waals surface area contributed by atoms with Crippen LogP contribution in [0.5, 0.6) is 0 Å². The number of carboxylic acid groups (broad SMARTS) is 1. The van der Waals surface area contributed by atoms with Crippen LogP contribution in [0.1, 0.15) is 40.0 Å². The van der Waals surface area contributed by atoms with E-state index in [1.54, 1.807) is 4.90 Å². The molecule has 2 aliphatic heterocycles. The number of nitrogens with one attached hydrogen (secondary N) is 1. The van der Waals surface area contributed by atoms with Crippen LogP contribution < -0.4 is 5.32 Å². The minimum atomic E-state index is -0.763. The van der Waals surface area contributed by atoms with Gasteiger partial charge in [0.05, 0.1) is 0 Å². The molecule has 2 aliphatic rings. The summed E-state index contributed by atoms with van der Waals surface area (Å²) in [5, 5.41) is 12.6. The van der Waals surface area contributed by atoms with E-state index < -0.39 is 6.09 Å². The molecule has 0 aromatic rings. The average molecular weight is 254 g/mol. The lowest BCUT2D eigenvalue weighted by Gasteiger charge is -2.53. The topological polar surface area (TPSA) is 52.6 Å². The minimum Gasteiger partial charge on any atom is -0.465 e. The first kappa shape index (κ1) is 13.7. The Morgan fingerprint density at radius 3 is 2.44 bits per heavy atom. The SMILES string of the molecule is CC(C)(C)C1CCNCC12CCN(C(=O)O)CC2. The molecule has 1 atom stereocenters. The van der Waals surface area contributed by atoms with E-state index in [0.29, 0.717) is 29.8 Å². The van der Waals surface area contributed by atoms with Crippen molar-refractivity contribution < 1.29 is 9.90 Å². The zero-order valence-electron chi connectivity index (χ0n) is 11.8. The molecule has 2 heterocycles. The second-order valence-electron chi connectivity index (χ2n) is 7.02. The fourth-order valence-corrected chi connectivity index (χ4v) is 4.03. The van der Waals surface area contributed by atoms with Gasteiger partial charge in [-0.2, -0.15) is 0 Å². The maximum Gasteiger partial charge on any atom is 0.407 e. The monoisotopic (exact) mass is 254 g/mol. The van der Waals surface area contributed by atoms with E-state index in [-0.39, 0.29) is 0 Å². The molecule has 0 aliphatic carbocycles. The van der Waals surface area contributed by atoms with Crippen molar-refractivity contribution in [3.63, 3.8) is 0 Å². The number of rotatable bonds is 0. The molecule has 0 aromatic heterocycles. The molecule has 1 amide bonds. The summed E-state index contributed by atoms with van der Waals surface area (Å²) in [6, 6.07) is 0. The molecule has 104 valence electrons. The zero-order valence-corrected chi connectivity index (χ0v) is 11.8. The summed E-state index contributed by atoms with van der Waals surface area (Å²) < 4.78 is 0. The number of hydrogen-bond donors (Lipinski definition) is 2. The van der Waals surface area contributed by atoms with Crippen LogP contribution in [0.25, 0.3) is 0 Å². The summed E-state index contributed by atoms with van der Waals surface area (Å²) in [6.45, 7) is 10.5. The van der Waals surface area contributed by atoms with Gasteiger partial charge in [0.25, 0.3) is 0 Å². The molecule has 4 nitrogen and oxygen atoms in total. The van der Waals surface area contributed by atoms with Crippen LogP contribution in [0, 0.1) is 16.7 Å². The van der Waals surface area contributed by atoms with Gasteiger partial charge in [0, 0.05) is 19.6 Å². The van der Waals surface area contributed by atoms with Crippen LogP contribution in [-0.4, -0.2) is 42.3 Å². The largest absolute Gasteiger partial charge is 0.465 e. The van der Waals surface area contributed by atoms with Crippen LogP contribution in [0.3, 0.4) is 0 Å². The van der Waals surface area contributed by atoms with Crippen molar-refractivity contribution in [3.8, 4) is 0 Å². The molecule has 2 fully saturated rings. The Morgan fingerprint density at radius 1 is 1.33 bits per heavy atom. The highest BCUT2D eigenvalue weighted by molar-refractivity contribution is 5.65. The van der Waals surface area contributed by atoms with Crippen molar-refractivity contribution >= 4 is 6.09 Å². The Balaban J connectivity index is 2.12. The van der Waals surface area contributed by atoms with Crippen molar-refractivity contribution in [1.29, 1.82) is 0 Å². The fraction of sp³-hybridized carbons (Fsp3) is 0.929. The van der Waals surface area contributed by atoms with Gasteiger partial charge in [0.15, 0.2) is 0 Å². The van der Waals surface area contributed by atoms with Crippen molar-refractivity contribution in [2.45, 2.75) is 40.0 Å². The predicted molar refractivity (Wildman–Crippen MR) is 71.7 cm³/mol. The number of likely N-dealkylation sites (tertiary alicyclic amines) is 1. The molecular weight excluding hydrogens is 228 g/mol. The molecule has 4 heteroatoms. The van der Waals surface area contributed by atoms with E-state index in [0.717, 1.165) is 25.9 Å². The molecule has 0 aromatic carbocycles. The Morgan fingerprint density at radius 2 is 1.94 bits per heavy atom. The van der Waals surface area contributed by atoms with Crippen LogP contribution >= 0.6 is 0 Å². The van der Waals surface area contributed by atoms with Gasteiger partial charge in [-0.1, -0.05) is 20.8 Å². The van der Waals surface area contributed by atoms with Gasteiger partial charge in [-0.15, -0.1) is 0 Å². The molecule has 0 bridgehead atoms. The van der Waals surface area contributed by atoms with Crippen molar-refractivity contribution in [2.24, 2.45) is 16.7 Å². The molecule has 0 saturated carbocycles. The third-order valence-corrected chi connectivity index (χ3v) is 4.90. The van der Waals surface area contributed by atoms with E-state index in [4.69, 9.17) is 5.11 Å². The first-order chi connectivity index (χ1) is 8.35. The molecule has 2 N–H and O–H groups in total. The van der Waals surface area contributed by atoms with E-state index in [9.17, 15) is 4.79 Å². The van der Waals surface area contributed by atoms with Crippen molar-refractivity contribution in [1.82, 2.24) is 10.2 Å². The summed E-state index contributed by atoms with van der Waals surface area (Å²) in [6.07, 6.45) is 2.47. The second kappa shape index (κ2) is 4.72. The van der Waals surface area contributed by atoms with Gasteiger partial charge in [-0.05, 0) is 42.6 Å². The quantitative estimate of drug-likeness (QED) is 0.698. The highest BCUT2D eigenvalue weighted by Crippen LogP contribution is 2.49. The summed E-state index contributed by atoms with van der Waals surface area (Å²) >= 11 is 0. The Hall–Kier alpha value is -0.770. The molecule has 18 heavy (non-hydrogen) atoms. The van der Waals surface area contributed by atoms with Crippen LogP contribution in [-0.2, 0) is 0 Å². The third kappa shape index (κ3) is 2.48. The van der Waals surface area contributed by atoms with Gasteiger partial charge in [-0.25, -0.2) is 4.79 Å². The molecule has 1 spiro atoms. The van der Waals surface area contributed by atoms with Gasteiger partial charge in [0.2, 0.25) is 0 Å². The summed E-state index contributed by atoms with van der Waals surface area (Å²) in [5.74, 6) is 0.696. The molecule has 2 rings (SSSR count). The standard InChI is InChI=1S/C14H26N2O2/c1-13(2,3)11-4-7-15-10-14(11)5-8-16(9-6-14)12(17)18/h11,15H,4-10H2,1-3H3,(H,17,18). The lowest BCUT2D eigenvalue weighted by molar-refractivity contribution is -0.0229. The molecule has 0 radical (unpaired) electrons. The Kier molecular flexibility index (Phi) is 3.58. The number of piperidine rings is 2. The third-order valence-electron chi connectivity index (χ3n) is 4.90. The van der Waals surface area contributed by atoms with E-state index >= 15 is 0 Å². The van der Waals surface area contributed by atoms with Crippen molar-refractivity contribution in [2.75, 3.05) is 26.2 Å². The van der Waals surface area contributed by atoms with E-state index in [1.165, 1.54) is 6.42 Å². The number of nitrogens with zero attached hydrogens (tertiary/aromatic N) is 1. The first-order valence-electron chi connectivity index (χ1n) is 7.04. The average Bonchev–Trinajstić information content (AvgIpc) is 2.28. The van der Waals surface area contributed by atoms with Gasteiger partial charge in [0.1, 0.15) is 0 Å². The van der Waals surface area contributed by atoms with Gasteiger partial charge in [-0.3, -0.25) is 0 Å². The number of carbonyl (C=O) groups is 1. The van der Waals surface area contributed by atoms with Gasteiger partial charge >= 0.3 is 6.09 Å². The lowest BCUT2D eigenvalue weighted by atomic mass is 9.57. The first-order valence-corrected chi connectivity index (χ1v) is 7.04. The van der Waals surface area contributed by atoms with E-state index in [2.05, 4.69) is 26.1 Å². The lowest BCUT2D eigenvalue weighted by Crippen LogP contribution is -2.56. The minimum absolute atomic E-state index is 0.308. The Labute approximate surface area is 110 Å². The normalized spacial score (nSPS) is 28.4. The summed E-state index contributed by atoms with van der Waals surface area (Å²) in [5.41, 5.74) is 0.621. The second-order valence-corrected chi connectivity index (χ2v) is 7.02. The molecule has 2 saturated heterocycles. The maximum atomic E-state index is 11.0.